The van der Waals surface area contributed by atoms with Crippen LogP contribution in [0.5, 0.6) is 0 Å². The summed E-state index contributed by atoms with van der Waals surface area (Å²) in [6, 6.07) is 7.83. The molecule has 0 saturated carbocycles. The zero-order valence-electron chi connectivity index (χ0n) is 6.91. The molecule has 0 spiro atoms. The van der Waals surface area contributed by atoms with Crippen molar-refractivity contribution in [3.05, 3.63) is 36.0 Å². The summed E-state index contributed by atoms with van der Waals surface area (Å²) in [5, 5.41) is 1.07. The van der Waals surface area contributed by atoms with Gasteiger partial charge in [-0.15, -0.1) is 0 Å². The third kappa shape index (κ3) is 0.925. The van der Waals surface area contributed by atoms with Gasteiger partial charge in [0.25, 0.3) is 0 Å². The Kier molecular flexibility index (Phi) is 1.47. The summed E-state index contributed by atoms with van der Waals surface area (Å²) in [6.07, 6.45) is 1.73. The topological polar surface area (TPSA) is 38.9 Å². The summed E-state index contributed by atoms with van der Waals surface area (Å²) < 4.78 is 0. The minimum atomic E-state index is 0.804. The Labute approximate surface area is 71.0 Å². The Morgan fingerprint density at radius 2 is 2.08 bits per heavy atom. The maximum absolute atomic E-state index is 5.82. The van der Waals surface area contributed by atoms with Gasteiger partial charge in [0, 0.05) is 17.3 Å². The third-order valence-electron chi connectivity index (χ3n) is 2.01. The average molecular weight is 158 g/mol. The number of aromatic nitrogens is 1. The number of aryl methyl sites for hydroxylation is 1. The molecule has 0 aliphatic carbocycles. The average Bonchev–Trinajstić information content (AvgIpc) is 2.04. The van der Waals surface area contributed by atoms with E-state index in [0.717, 1.165) is 16.6 Å². The zero-order chi connectivity index (χ0) is 8.55. The van der Waals surface area contributed by atoms with E-state index >= 15 is 0 Å². The van der Waals surface area contributed by atoms with Gasteiger partial charge in [-0.2, -0.15) is 0 Å². The lowest BCUT2D eigenvalue weighted by molar-refractivity contribution is 1.39. The molecule has 0 atom stereocenters. The third-order valence-corrected chi connectivity index (χ3v) is 2.01. The molecule has 0 aliphatic heterocycles. The SMILES string of the molecule is Cc1cccc2nccc(N)c12. The van der Waals surface area contributed by atoms with Crippen molar-refractivity contribution >= 4 is 16.6 Å². The predicted octanol–water partition coefficient (Wildman–Crippen LogP) is 2.13. The van der Waals surface area contributed by atoms with Crippen molar-refractivity contribution in [3.8, 4) is 0 Å². The molecule has 2 heteroatoms. The Bertz CT molecular complexity index is 384. The number of nitrogens with two attached hydrogens (primary N) is 1. The number of hydrogen-bond acceptors (Lipinski definition) is 2. The number of benzene rings is 1. The number of pyridine rings is 1. The van der Waals surface area contributed by atoms with Crippen molar-refractivity contribution in [1.82, 2.24) is 4.98 Å². The van der Waals surface area contributed by atoms with Gasteiger partial charge in [-0.1, -0.05) is 12.1 Å². The van der Waals surface area contributed by atoms with Crippen LogP contribution in [0, 0.1) is 6.92 Å². The van der Waals surface area contributed by atoms with Gasteiger partial charge in [-0.3, -0.25) is 4.98 Å². The van der Waals surface area contributed by atoms with E-state index in [-0.39, 0.29) is 0 Å². The lowest BCUT2D eigenvalue weighted by Crippen LogP contribution is -1.90. The van der Waals surface area contributed by atoms with Gasteiger partial charge >= 0.3 is 0 Å². The minimum absolute atomic E-state index is 0.804. The van der Waals surface area contributed by atoms with Crippen molar-refractivity contribution in [1.29, 1.82) is 0 Å². The van der Waals surface area contributed by atoms with E-state index in [4.69, 9.17) is 5.73 Å². The molecule has 0 aliphatic rings. The second-order valence-corrected chi connectivity index (χ2v) is 2.87. The summed E-state index contributed by atoms with van der Waals surface area (Å²) in [4.78, 5) is 4.22. The highest BCUT2D eigenvalue weighted by molar-refractivity contribution is 5.92. The Morgan fingerprint density at radius 1 is 1.25 bits per heavy atom. The van der Waals surface area contributed by atoms with Crippen molar-refractivity contribution in [2.75, 3.05) is 5.73 Å². The fourth-order valence-corrected chi connectivity index (χ4v) is 1.42. The van der Waals surface area contributed by atoms with E-state index in [9.17, 15) is 0 Å². The zero-order valence-corrected chi connectivity index (χ0v) is 6.91. The Balaban J connectivity index is 2.96. The van der Waals surface area contributed by atoms with Crippen LogP contribution >= 0.6 is 0 Å². The van der Waals surface area contributed by atoms with E-state index in [1.54, 1.807) is 6.20 Å². The molecule has 2 nitrogen and oxygen atoms in total. The van der Waals surface area contributed by atoms with Crippen molar-refractivity contribution in [2.45, 2.75) is 6.92 Å². The molecule has 1 aromatic heterocycles. The van der Waals surface area contributed by atoms with E-state index in [1.165, 1.54) is 5.56 Å². The molecule has 0 fully saturated rings. The minimum Gasteiger partial charge on any atom is -0.398 e. The monoisotopic (exact) mass is 158 g/mol. The van der Waals surface area contributed by atoms with Crippen LogP contribution in [0.15, 0.2) is 30.5 Å². The molecule has 12 heavy (non-hydrogen) atoms. The van der Waals surface area contributed by atoms with Crippen LogP contribution in [0.3, 0.4) is 0 Å². The van der Waals surface area contributed by atoms with Gasteiger partial charge in [0.1, 0.15) is 0 Å². The molecule has 0 radical (unpaired) electrons. The Hall–Kier alpha value is -1.57. The lowest BCUT2D eigenvalue weighted by Gasteiger charge is -2.02. The summed E-state index contributed by atoms with van der Waals surface area (Å²) in [5.41, 5.74) is 8.77. The van der Waals surface area contributed by atoms with Crippen molar-refractivity contribution < 1.29 is 0 Å². The van der Waals surface area contributed by atoms with E-state index in [1.807, 2.05) is 31.2 Å². The molecule has 0 bridgehead atoms. The number of hydrogen-bond donors (Lipinski definition) is 1. The number of fused-ring (bicyclic) bond motifs is 1. The highest BCUT2D eigenvalue weighted by Crippen LogP contribution is 2.21. The van der Waals surface area contributed by atoms with Gasteiger partial charge in [0.2, 0.25) is 0 Å². The second-order valence-electron chi connectivity index (χ2n) is 2.87. The standard InChI is InChI=1S/C10H10N2/c1-7-3-2-4-9-10(7)8(11)5-6-12-9/h2-6H,1H3,(H2,11,12). The number of nitrogen functional groups attached to an aromatic ring is 1. The van der Waals surface area contributed by atoms with Gasteiger partial charge in [0.15, 0.2) is 0 Å². The van der Waals surface area contributed by atoms with Crippen molar-refractivity contribution in [3.63, 3.8) is 0 Å². The molecule has 1 heterocycles. The maximum atomic E-state index is 5.82. The smallest absolute Gasteiger partial charge is 0.0725 e. The normalized spacial score (nSPS) is 10.4. The van der Waals surface area contributed by atoms with Crippen LogP contribution in [-0.2, 0) is 0 Å². The number of rotatable bonds is 0. The molecular formula is C10H10N2. The fourth-order valence-electron chi connectivity index (χ4n) is 1.42. The van der Waals surface area contributed by atoms with Crippen LogP contribution in [0.4, 0.5) is 5.69 Å². The first-order chi connectivity index (χ1) is 5.79. The predicted molar refractivity (Wildman–Crippen MR) is 50.9 cm³/mol. The molecule has 0 unspecified atom stereocenters. The molecule has 0 saturated heterocycles. The highest BCUT2D eigenvalue weighted by atomic mass is 14.7. The lowest BCUT2D eigenvalue weighted by atomic mass is 10.1. The molecule has 2 rings (SSSR count). The van der Waals surface area contributed by atoms with Gasteiger partial charge < -0.3 is 5.73 Å². The molecule has 1 aromatic carbocycles. The first-order valence-electron chi connectivity index (χ1n) is 3.89. The summed E-state index contributed by atoms with van der Waals surface area (Å²) in [6.45, 7) is 2.04. The van der Waals surface area contributed by atoms with E-state index < -0.39 is 0 Å². The van der Waals surface area contributed by atoms with Gasteiger partial charge in [-0.05, 0) is 24.6 Å². The van der Waals surface area contributed by atoms with Crippen LogP contribution in [0.25, 0.3) is 10.9 Å². The number of anilines is 1. The van der Waals surface area contributed by atoms with Crippen LogP contribution in [0.1, 0.15) is 5.56 Å². The fraction of sp³-hybridized carbons (Fsp3) is 0.100. The van der Waals surface area contributed by atoms with Gasteiger partial charge in [-0.25, -0.2) is 0 Å². The van der Waals surface area contributed by atoms with Gasteiger partial charge in [0.05, 0.1) is 5.52 Å². The quantitative estimate of drug-likeness (QED) is 0.637. The first kappa shape index (κ1) is 7.10. The first-order valence-corrected chi connectivity index (χ1v) is 3.89. The second kappa shape index (κ2) is 2.48. The molecule has 2 N–H and O–H groups in total. The summed E-state index contributed by atoms with van der Waals surface area (Å²) >= 11 is 0. The highest BCUT2D eigenvalue weighted by Gasteiger charge is 1.99. The van der Waals surface area contributed by atoms with Crippen LogP contribution in [-0.4, -0.2) is 4.98 Å². The van der Waals surface area contributed by atoms with Crippen LogP contribution in [0.2, 0.25) is 0 Å². The number of nitrogens with zero attached hydrogens (tertiary/aromatic N) is 1. The van der Waals surface area contributed by atoms with E-state index in [0.29, 0.717) is 0 Å². The van der Waals surface area contributed by atoms with Crippen molar-refractivity contribution in [2.24, 2.45) is 0 Å². The Morgan fingerprint density at radius 3 is 2.83 bits per heavy atom. The molecule has 2 aromatic rings. The van der Waals surface area contributed by atoms with Crippen LogP contribution < -0.4 is 5.73 Å². The molecule has 60 valence electrons. The molecule has 0 amide bonds. The summed E-state index contributed by atoms with van der Waals surface area (Å²) in [7, 11) is 0. The maximum Gasteiger partial charge on any atom is 0.0725 e. The summed E-state index contributed by atoms with van der Waals surface area (Å²) in [5.74, 6) is 0. The molecular weight excluding hydrogens is 148 g/mol. The largest absolute Gasteiger partial charge is 0.398 e. The van der Waals surface area contributed by atoms with E-state index in [2.05, 4.69) is 4.98 Å².